The second-order valence-electron chi connectivity index (χ2n) is 10.2. The summed E-state index contributed by atoms with van der Waals surface area (Å²) in [5, 5.41) is 13.8. The van der Waals surface area contributed by atoms with Crippen LogP contribution in [0.5, 0.6) is 0 Å². The van der Waals surface area contributed by atoms with Gasteiger partial charge in [-0.1, -0.05) is 0 Å². The van der Waals surface area contributed by atoms with Crippen LogP contribution in [-0.2, 0) is 26.1 Å². The summed E-state index contributed by atoms with van der Waals surface area (Å²) < 4.78 is 84.8. The van der Waals surface area contributed by atoms with Crippen molar-refractivity contribution in [2.75, 3.05) is 44.3 Å². The van der Waals surface area contributed by atoms with Gasteiger partial charge in [-0.2, -0.15) is 26.3 Å². The molecule has 10 nitrogen and oxygen atoms in total. The highest BCUT2D eigenvalue weighted by Crippen LogP contribution is 2.45. The van der Waals surface area contributed by atoms with E-state index in [0.29, 0.717) is 0 Å². The number of pyridine rings is 1. The summed E-state index contributed by atoms with van der Waals surface area (Å²) in [7, 11) is 0. The van der Waals surface area contributed by atoms with Gasteiger partial charge in [0, 0.05) is 50.0 Å². The van der Waals surface area contributed by atoms with E-state index in [1.165, 1.54) is 11.8 Å². The van der Waals surface area contributed by atoms with Crippen LogP contribution in [0.2, 0.25) is 0 Å². The minimum atomic E-state index is -4.72. The van der Waals surface area contributed by atoms with Crippen molar-refractivity contribution >= 4 is 17.6 Å². The largest absolute Gasteiger partial charge is 0.417 e. The van der Waals surface area contributed by atoms with Crippen molar-refractivity contribution in [3.05, 3.63) is 23.4 Å². The van der Waals surface area contributed by atoms with Crippen LogP contribution in [-0.4, -0.2) is 90.5 Å². The van der Waals surface area contributed by atoms with Gasteiger partial charge in [0.15, 0.2) is 5.92 Å². The molecule has 0 saturated carbocycles. The van der Waals surface area contributed by atoms with Crippen LogP contribution in [0.1, 0.15) is 31.4 Å². The van der Waals surface area contributed by atoms with Gasteiger partial charge in [-0.05, 0) is 19.9 Å². The molecule has 218 valence electrons. The highest BCUT2D eigenvalue weighted by atomic mass is 19.4. The third kappa shape index (κ3) is 6.07. The number of hydrogen-bond acceptors (Lipinski definition) is 8. The average molecular weight is 569 g/mol. The SMILES string of the molecule is C[C@@H](COCCC(=O)N1CCN2c3ncc(C(F)(F)F)cc3[C@@](C)(O)[C@H]2C1)NC1CNNC(=O)C1C(F)(F)F. The number of alkyl halides is 6. The van der Waals surface area contributed by atoms with Gasteiger partial charge in [0.05, 0.1) is 31.2 Å². The van der Waals surface area contributed by atoms with Crippen LogP contribution in [0, 0.1) is 5.92 Å². The number of carbonyl (C=O) groups excluding carboxylic acids is 2. The van der Waals surface area contributed by atoms with Gasteiger partial charge in [-0.25, -0.2) is 10.4 Å². The van der Waals surface area contributed by atoms with Crippen LogP contribution < -0.4 is 21.1 Å². The Balaban J connectivity index is 1.26. The maximum absolute atomic E-state index is 13.3. The summed E-state index contributed by atoms with van der Waals surface area (Å²) in [6.45, 7) is 3.43. The molecule has 4 rings (SSSR count). The van der Waals surface area contributed by atoms with Gasteiger partial charge in [-0.15, -0.1) is 0 Å². The maximum atomic E-state index is 13.3. The van der Waals surface area contributed by atoms with Gasteiger partial charge in [0.1, 0.15) is 11.4 Å². The van der Waals surface area contributed by atoms with E-state index in [4.69, 9.17) is 4.74 Å². The van der Waals surface area contributed by atoms with Crippen molar-refractivity contribution in [1.82, 2.24) is 26.1 Å². The van der Waals surface area contributed by atoms with Crippen molar-refractivity contribution in [2.45, 2.75) is 56.3 Å². The van der Waals surface area contributed by atoms with E-state index in [9.17, 15) is 41.0 Å². The van der Waals surface area contributed by atoms with Crippen molar-refractivity contribution in [1.29, 1.82) is 0 Å². The fraction of sp³-hybridized carbons (Fsp3) is 0.696. The Morgan fingerprint density at radius 2 is 2.03 bits per heavy atom. The summed E-state index contributed by atoms with van der Waals surface area (Å²) in [5.74, 6) is -3.42. The number of hydrogen-bond donors (Lipinski definition) is 4. The first-order valence-corrected chi connectivity index (χ1v) is 12.4. The molecule has 1 aromatic rings. The number of ether oxygens (including phenoxy) is 1. The molecule has 0 aliphatic carbocycles. The number of nitrogens with zero attached hydrogens (tertiary/aromatic N) is 3. The molecule has 3 aliphatic rings. The van der Waals surface area contributed by atoms with Gasteiger partial charge < -0.3 is 25.0 Å². The van der Waals surface area contributed by atoms with Crippen LogP contribution >= 0.6 is 0 Å². The second kappa shape index (κ2) is 10.7. The Labute approximate surface area is 220 Å². The number of nitrogens with one attached hydrogen (secondary N) is 3. The molecule has 0 spiro atoms. The lowest BCUT2D eigenvalue weighted by molar-refractivity contribution is -0.193. The smallest absolute Gasteiger partial charge is 0.383 e. The molecule has 0 radical (unpaired) electrons. The van der Waals surface area contributed by atoms with E-state index in [1.54, 1.807) is 11.8 Å². The van der Waals surface area contributed by atoms with E-state index in [2.05, 4.69) is 15.7 Å². The molecular formula is C23H30F6N6O4. The van der Waals surface area contributed by atoms with Crippen LogP contribution in [0.4, 0.5) is 32.2 Å². The van der Waals surface area contributed by atoms with E-state index < -0.39 is 53.5 Å². The molecule has 5 atom stereocenters. The lowest BCUT2D eigenvalue weighted by Gasteiger charge is -2.42. The highest BCUT2D eigenvalue weighted by Gasteiger charge is 2.52. The number of fused-ring (bicyclic) bond motifs is 3. The molecule has 4 heterocycles. The third-order valence-electron chi connectivity index (χ3n) is 7.29. The first-order chi connectivity index (χ1) is 18.1. The van der Waals surface area contributed by atoms with Gasteiger partial charge in [-0.3, -0.25) is 15.0 Å². The van der Waals surface area contributed by atoms with Crippen molar-refractivity contribution in [3.8, 4) is 0 Å². The Hall–Kier alpha value is -2.69. The van der Waals surface area contributed by atoms with Gasteiger partial charge in [0.25, 0.3) is 0 Å². The van der Waals surface area contributed by atoms with Gasteiger partial charge in [0.2, 0.25) is 11.8 Å². The lowest BCUT2D eigenvalue weighted by Crippen LogP contribution is -2.64. The molecule has 39 heavy (non-hydrogen) atoms. The zero-order valence-electron chi connectivity index (χ0n) is 21.2. The van der Waals surface area contributed by atoms with Crippen LogP contribution in [0.3, 0.4) is 0 Å². The number of anilines is 1. The van der Waals surface area contributed by atoms with E-state index in [0.717, 1.165) is 12.3 Å². The molecule has 2 amide bonds. The second-order valence-corrected chi connectivity index (χ2v) is 10.2. The Kier molecular flexibility index (Phi) is 8.04. The first kappa shape index (κ1) is 29.3. The number of carbonyl (C=O) groups is 2. The van der Waals surface area contributed by atoms with Crippen molar-refractivity contribution in [2.24, 2.45) is 5.92 Å². The number of halogens is 6. The van der Waals surface area contributed by atoms with E-state index in [-0.39, 0.29) is 63.1 Å². The molecule has 2 saturated heterocycles. The zero-order chi connectivity index (χ0) is 28.8. The monoisotopic (exact) mass is 568 g/mol. The summed E-state index contributed by atoms with van der Waals surface area (Å²) in [5.41, 5.74) is 1.82. The number of amides is 2. The Morgan fingerprint density at radius 3 is 2.69 bits per heavy atom. The third-order valence-corrected chi connectivity index (χ3v) is 7.29. The van der Waals surface area contributed by atoms with Crippen molar-refractivity contribution < 1.29 is 45.8 Å². The summed E-state index contributed by atoms with van der Waals surface area (Å²) >= 11 is 0. The number of piperazine rings is 1. The Morgan fingerprint density at radius 1 is 1.31 bits per heavy atom. The Bertz CT molecular complexity index is 1080. The molecule has 1 aromatic heterocycles. The van der Waals surface area contributed by atoms with Gasteiger partial charge >= 0.3 is 12.4 Å². The van der Waals surface area contributed by atoms with E-state index >= 15 is 0 Å². The summed E-state index contributed by atoms with van der Waals surface area (Å²) in [6.07, 6.45) is -8.64. The zero-order valence-corrected chi connectivity index (χ0v) is 21.2. The molecule has 16 heteroatoms. The number of aromatic nitrogens is 1. The van der Waals surface area contributed by atoms with Crippen molar-refractivity contribution in [3.63, 3.8) is 0 Å². The summed E-state index contributed by atoms with van der Waals surface area (Å²) in [4.78, 5) is 31.6. The lowest BCUT2D eigenvalue weighted by atomic mass is 9.90. The predicted octanol–water partition coefficient (Wildman–Crippen LogP) is 0.905. The normalized spacial score (nSPS) is 28.1. The van der Waals surface area contributed by atoms with E-state index in [1.807, 2.05) is 5.43 Å². The molecule has 2 unspecified atom stereocenters. The first-order valence-electron chi connectivity index (χ1n) is 12.4. The summed E-state index contributed by atoms with van der Waals surface area (Å²) in [6, 6.07) is -1.54. The molecule has 2 fully saturated rings. The maximum Gasteiger partial charge on any atom is 0.417 e. The van der Waals surface area contributed by atoms with Crippen LogP contribution in [0.15, 0.2) is 12.3 Å². The number of rotatable bonds is 7. The molecular weight excluding hydrogens is 538 g/mol. The molecule has 0 bridgehead atoms. The fourth-order valence-electron chi connectivity index (χ4n) is 5.29. The van der Waals surface area contributed by atoms with Crippen LogP contribution in [0.25, 0.3) is 0 Å². The minimum absolute atomic E-state index is 0.0103. The highest BCUT2D eigenvalue weighted by molar-refractivity contribution is 5.80. The average Bonchev–Trinajstić information content (AvgIpc) is 3.06. The molecule has 3 aliphatic heterocycles. The molecule has 0 aromatic carbocycles. The fourth-order valence-corrected chi connectivity index (χ4v) is 5.29. The number of aliphatic hydroxyl groups is 1. The topological polar surface area (TPSA) is 119 Å². The standard InChI is InChI=1S/C23H30F6N6O4/c1-12(32-15-9-31-33-20(37)18(15)23(27,28)29)11-39-6-3-17(36)34-4-5-35-16(10-34)21(2,38)14-7-13(22(24,25)26)8-30-19(14)35/h7-8,12,15-16,18,31-32,38H,3-6,9-11H2,1-2H3,(H,33,37)/t12-,15?,16+,18?,21+/m0/s1. The molecule has 4 N–H and O–H groups in total. The minimum Gasteiger partial charge on any atom is -0.383 e. The predicted molar refractivity (Wildman–Crippen MR) is 124 cm³/mol. The quantitative estimate of drug-likeness (QED) is 0.283. The number of hydrazine groups is 1.